The molecule has 0 bridgehead atoms. The largest absolute Gasteiger partial charge is 0.367 e. The Morgan fingerprint density at radius 1 is 1.22 bits per heavy atom. The maximum atomic E-state index is 3.79. The van der Waals surface area contributed by atoms with Gasteiger partial charge in [0.2, 0.25) is 0 Å². The fraction of sp³-hybridized carbons (Fsp3) is 0.625. The van der Waals surface area contributed by atoms with E-state index in [0.29, 0.717) is 6.04 Å². The van der Waals surface area contributed by atoms with Crippen molar-refractivity contribution in [2.24, 2.45) is 0 Å². The van der Waals surface area contributed by atoms with E-state index in [1.165, 1.54) is 24.1 Å². The number of rotatable bonds is 3. The van der Waals surface area contributed by atoms with Gasteiger partial charge in [-0.25, -0.2) is 0 Å². The third-order valence-corrected chi connectivity index (χ3v) is 4.40. The molecule has 0 spiro atoms. The van der Waals surface area contributed by atoms with Crippen LogP contribution in [0.4, 0.5) is 5.69 Å². The highest BCUT2D eigenvalue weighted by Crippen LogP contribution is 2.30. The van der Waals surface area contributed by atoms with Crippen molar-refractivity contribution in [1.82, 2.24) is 5.32 Å². The van der Waals surface area contributed by atoms with Crippen LogP contribution in [0.2, 0.25) is 0 Å². The fourth-order valence-electron chi connectivity index (χ4n) is 2.87. The predicted octanol–water partition coefficient (Wildman–Crippen LogP) is 3.56. The van der Waals surface area contributed by atoms with Gasteiger partial charge in [-0.05, 0) is 38.3 Å². The minimum atomic E-state index is 0.253. The SMILES string of the molecule is CCC1(CC)CN(C(C)C)c2ccccc2CN1. The lowest BCUT2D eigenvalue weighted by atomic mass is 9.92. The van der Waals surface area contributed by atoms with Crippen LogP contribution in [-0.2, 0) is 6.54 Å². The standard InChI is InChI=1S/C16H26N2/c1-5-16(6-2)12-18(13(3)4)15-10-8-7-9-14(15)11-17-16/h7-10,13,17H,5-6,11-12H2,1-4H3. The van der Waals surface area contributed by atoms with Crippen LogP contribution in [0.3, 0.4) is 0 Å². The molecule has 1 heterocycles. The number of benzene rings is 1. The van der Waals surface area contributed by atoms with Crippen LogP contribution >= 0.6 is 0 Å². The second kappa shape index (κ2) is 5.31. The Kier molecular flexibility index (Phi) is 3.96. The molecule has 1 aromatic carbocycles. The second-order valence-corrected chi connectivity index (χ2v) is 5.69. The van der Waals surface area contributed by atoms with E-state index in [1.54, 1.807) is 0 Å². The monoisotopic (exact) mass is 246 g/mol. The molecule has 1 aliphatic rings. The molecule has 1 N–H and O–H groups in total. The summed E-state index contributed by atoms with van der Waals surface area (Å²) in [5.74, 6) is 0. The lowest BCUT2D eigenvalue weighted by Crippen LogP contribution is -2.52. The van der Waals surface area contributed by atoms with Crippen LogP contribution < -0.4 is 10.2 Å². The van der Waals surface area contributed by atoms with E-state index >= 15 is 0 Å². The number of nitrogens with zero attached hydrogens (tertiary/aromatic N) is 1. The highest BCUT2D eigenvalue weighted by molar-refractivity contribution is 5.55. The predicted molar refractivity (Wildman–Crippen MR) is 79.1 cm³/mol. The minimum absolute atomic E-state index is 0.253. The Hall–Kier alpha value is -1.02. The number of fused-ring (bicyclic) bond motifs is 1. The van der Waals surface area contributed by atoms with Crippen molar-refractivity contribution >= 4 is 5.69 Å². The van der Waals surface area contributed by atoms with Crippen LogP contribution in [0.15, 0.2) is 24.3 Å². The molecular formula is C16H26N2. The molecule has 2 nitrogen and oxygen atoms in total. The lowest BCUT2D eigenvalue weighted by molar-refractivity contribution is 0.303. The molecular weight excluding hydrogens is 220 g/mol. The van der Waals surface area contributed by atoms with E-state index in [4.69, 9.17) is 0 Å². The average Bonchev–Trinajstić information content (AvgIpc) is 2.56. The van der Waals surface area contributed by atoms with Gasteiger partial charge in [0.05, 0.1) is 0 Å². The number of hydrogen-bond acceptors (Lipinski definition) is 2. The second-order valence-electron chi connectivity index (χ2n) is 5.69. The fourth-order valence-corrected chi connectivity index (χ4v) is 2.87. The van der Waals surface area contributed by atoms with Crippen LogP contribution in [-0.4, -0.2) is 18.1 Å². The summed E-state index contributed by atoms with van der Waals surface area (Å²) in [5, 5.41) is 3.79. The Morgan fingerprint density at radius 3 is 2.50 bits per heavy atom. The summed E-state index contributed by atoms with van der Waals surface area (Å²) < 4.78 is 0. The van der Waals surface area contributed by atoms with Crippen molar-refractivity contribution in [3.63, 3.8) is 0 Å². The lowest BCUT2D eigenvalue weighted by Gasteiger charge is -2.38. The molecule has 2 rings (SSSR count). The van der Waals surface area contributed by atoms with Crippen LogP contribution in [0.1, 0.15) is 46.1 Å². The molecule has 0 unspecified atom stereocenters. The van der Waals surface area contributed by atoms with Crippen molar-refractivity contribution in [2.45, 2.75) is 58.7 Å². The van der Waals surface area contributed by atoms with Crippen molar-refractivity contribution in [2.75, 3.05) is 11.4 Å². The van der Waals surface area contributed by atoms with Crippen molar-refractivity contribution in [3.8, 4) is 0 Å². The number of anilines is 1. The van der Waals surface area contributed by atoms with Crippen LogP contribution in [0.5, 0.6) is 0 Å². The first-order valence-corrected chi connectivity index (χ1v) is 7.21. The number of hydrogen-bond donors (Lipinski definition) is 1. The van der Waals surface area contributed by atoms with Gasteiger partial charge in [0.25, 0.3) is 0 Å². The summed E-state index contributed by atoms with van der Waals surface area (Å²) in [4.78, 5) is 2.56. The quantitative estimate of drug-likeness (QED) is 0.877. The van der Waals surface area contributed by atoms with Gasteiger partial charge in [0.15, 0.2) is 0 Å². The first kappa shape index (κ1) is 13.4. The summed E-state index contributed by atoms with van der Waals surface area (Å²) >= 11 is 0. The Bertz CT molecular complexity index is 394. The minimum Gasteiger partial charge on any atom is -0.367 e. The summed E-state index contributed by atoms with van der Waals surface area (Å²) in [6.45, 7) is 11.3. The first-order valence-electron chi connectivity index (χ1n) is 7.21. The Morgan fingerprint density at radius 2 is 1.89 bits per heavy atom. The molecule has 18 heavy (non-hydrogen) atoms. The van der Waals surface area contributed by atoms with E-state index in [1.807, 2.05) is 0 Å². The van der Waals surface area contributed by atoms with E-state index < -0.39 is 0 Å². The molecule has 0 saturated carbocycles. The number of nitrogens with one attached hydrogen (secondary N) is 1. The van der Waals surface area contributed by atoms with E-state index in [9.17, 15) is 0 Å². The van der Waals surface area contributed by atoms with Gasteiger partial charge < -0.3 is 10.2 Å². The van der Waals surface area contributed by atoms with Gasteiger partial charge in [-0.15, -0.1) is 0 Å². The van der Waals surface area contributed by atoms with E-state index in [-0.39, 0.29) is 5.54 Å². The summed E-state index contributed by atoms with van der Waals surface area (Å²) in [7, 11) is 0. The normalized spacial score (nSPS) is 18.6. The van der Waals surface area contributed by atoms with Gasteiger partial charge in [-0.3, -0.25) is 0 Å². The Labute approximate surface area is 111 Å². The zero-order valence-electron chi connectivity index (χ0n) is 12.2. The van der Waals surface area contributed by atoms with Crippen molar-refractivity contribution < 1.29 is 0 Å². The third-order valence-electron chi connectivity index (χ3n) is 4.40. The molecule has 1 aromatic rings. The summed E-state index contributed by atoms with van der Waals surface area (Å²) in [6.07, 6.45) is 2.36. The van der Waals surface area contributed by atoms with E-state index in [0.717, 1.165) is 13.1 Å². The maximum absolute atomic E-state index is 3.79. The molecule has 0 radical (unpaired) electrons. The number of para-hydroxylation sites is 1. The molecule has 0 aromatic heterocycles. The molecule has 2 heteroatoms. The maximum Gasteiger partial charge on any atom is 0.0414 e. The summed E-state index contributed by atoms with van der Waals surface area (Å²) in [5.41, 5.74) is 3.09. The molecule has 0 fully saturated rings. The summed E-state index contributed by atoms with van der Waals surface area (Å²) in [6, 6.07) is 9.35. The third kappa shape index (κ3) is 2.39. The van der Waals surface area contributed by atoms with Crippen LogP contribution in [0, 0.1) is 0 Å². The topological polar surface area (TPSA) is 15.3 Å². The van der Waals surface area contributed by atoms with Gasteiger partial charge in [-0.2, -0.15) is 0 Å². The Balaban J connectivity index is 2.40. The smallest absolute Gasteiger partial charge is 0.0414 e. The average molecular weight is 246 g/mol. The van der Waals surface area contributed by atoms with Gasteiger partial charge in [0, 0.05) is 30.4 Å². The highest BCUT2D eigenvalue weighted by atomic mass is 15.2. The van der Waals surface area contributed by atoms with Crippen LogP contribution in [0.25, 0.3) is 0 Å². The van der Waals surface area contributed by atoms with Crippen molar-refractivity contribution in [3.05, 3.63) is 29.8 Å². The molecule has 0 atom stereocenters. The molecule has 0 aliphatic carbocycles. The molecule has 1 aliphatic heterocycles. The zero-order chi connectivity index (χ0) is 13.2. The molecule has 0 amide bonds. The van der Waals surface area contributed by atoms with Gasteiger partial charge >= 0.3 is 0 Å². The molecule has 0 saturated heterocycles. The van der Waals surface area contributed by atoms with Gasteiger partial charge in [0.1, 0.15) is 0 Å². The van der Waals surface area contributed by atoms with Gasteiger partial charge in [-0.1, -0.05) is 32.0 Å². The first-order chi connectivity index (χ1) is 8.62. The van der Waals surface area contributed by atoms with Crippen molar-refractivity contribution in [1.29, 1.82) is 0 Å². The molecule has 100 valence electrons. The zero-order valence-corrected chi connectivity index (χ0v) is 12.2. The highest BCUT2D eigenvalue weighted by Gasteiger charge is 2.32. The van der Waals surface area contributed by atoms with E-state index in [2.05, 4.69) is 62.2 Å².